The molecule has 2 aromatic heterocycles. The topological polar surface area (TPSA) is 17.3 Å². The average molecular weight is 290 g/mol. The van der Waals surface area contributed by atoms with Gasteiger partial charge in [-0.3, -0.25) is 4.40 Å². The average Bonchev–Trinajstić information content (AvgIpc) is 2.90. The first kappa shape index (κ1) is 14.6. The van der Waals surface area contributed by atoms with Gasteiger partial charge in [0.05, 0.1) is 16.9 Å². The van der Waals surface area contributed by atoms with Gasteiger partial charge in [0.15, 0.2) is 0 Å². The minimum absolute atomic E-state index is 0.150. The van der Waals surface area contributed by atoms with E-state index < -0.39 is 0 Å². The molecule has 0 fully saturated rings. The Morgan fingerprint density at radius 2 is 1.73 bits per heavy atom. The summed E-state index contributed by atoms with van der Waals surface area (Å²) in [6, 6.07) is 16.8. The molecule has 0 N–H and O–H groups in total. The molecule has 0 spiro atoms. The first-order valence-corrected chi connectivity index (χ1v) is 7.67. The van der Waals surface area contributed by atoms with Gasteiger partial charge in [-0.1, -0.05) is 63.2 Å². The summed E-state index contributed by atoms with van der Waals surface area (Å²) in [6.45, 7) is 8.78. The van der Waals surface area contributed by atoms with Gasteiger partial charge in [0.2, 0.25) is 0 Å². The second-order valence-corrected chi connectivity index (χ2v) is 6.82. The molecule has 3 rings (SSSR count). The lowest BCUT2D eigenvalue weighted by atomic mass is 9.93. The molecule has 22 heavy (non-hydrogen) atoms. The molecule has 0 aliphatic carbocycles. The van der Waals surface area contributed by atoms with Crippen molar-refractivity contribution < 1.29 is 0 Å². The molecule has 0 bridgehead atoms. The van der Waals surface area contributed by atoms with Gasteiger partial charge in [0.25, 0.3) is 0 Å². The van der Waals surface area contributed by atoms with Gasteiger partial charge in [0.1, 0.15) is 6.33 Å². The molecule has 0 aliphatic heterocycles. The quantitative estimate of drug-likeness (QED) is 0.613. The van der Waals surface area contributed by atoms with Crippen LogP contribution in [0.15, 0.2) is 60.9 Å². The first-order chi connectivity index (χ1) is 10.5. The number of pyridine rings is 1. The van der Waals surface area contributed by atoms with Crippen molar-refractivity contribution in [3.63, 3.8) is 0 Å². The Morgan fingerprint density at radius 3 is 2.41 bits per heavy atom. The normalized spacial score (nSPS) is 12.8. The smallest absolute Gasteiger partial charge is 0.100 e. The van der Waals surface area contributed by atoms with Gasteiger partial charge in [-0.2, -0.15) is 0 Å². The Balaban J connectivity index is 2.16. The van der Waals surface area contributed by atoms with E-state index in [2.05, 4.69) is 85.6 Å². The van der Waals surface area contributed by atoms with Crippen LogP contribution in [0.3, 0.4) is 0 Å². The van der Waals surface area contributed by atoms with Crippen LogP contribution in [0.1, 0.15) is 33.4 Å². The van der Waals surface area contributed by atoms with Crippen molar-refractivity contribution in [1.82, 2.24) is 9.38 Å². The zero-order chi connectivity index (χ0) is 15.7. The van der Waals surface area contributed by atoms with E-state index in [0.717, 1.165) is 11.2 Å². The van der Waals surface area contributed by atoms with Crippen molar-refractivity contribution in [2.75, 3.05) is 0 Å². The van der Waals surface area contributed by atoms with Gasteiger partial charge in [0, 0.05) is 0 Å². The third-order valence-corrected chi connectivity index (χ3v) is 3.66. The molecular formula is C20H22N2. The Labute approximate surface area is 132 Å². The van der Waals surface area contributed by atoms with Crippen LogP contribution in [0.25, 0.3) is 22.3 Å². The van der Waals surface area contributed by atoms with Crippen LogP contribution in [0.5, 0.6) is 0 Å². The number of benzene rings is 1. The second-order valence-electron chi connectivity index (χ2n) is 6.82. The molecule has 2 heterocycles. The molecule has 1 aromatic carbocycles. The standard InChI is InChI=1S/C20H22N2/c1-15(13-20(2,3)4)19-18-12-8-11-17(22(18)14-21-19)16-9-6-5-7-10-16/h5-14H,1-4H3/b15-13+. The lowest BCUT2D eigenvalue weighted by molar-refractivity contribution is 0.545. The Morgan fingerprint density at radius 1 is 1.00 bits per heavy atom. The van der Waals surface area contributed by atoms with Crippen molar-refractivity contribution in [2.45, 2.75) is 27.7 Å². The molecule has 0 unspecified atom stereocenters. The summed E-state index contributed by atoms with van der Waals surface area (Å²) in [5.41, 5.74) is 5.96. The van der Waals surface area contributed by atoms with Crippen molar-refractivity contribution in [3.8, 4) is 11.3 Å². The summed E-state index contributed by atoms with van der Waals surface area (Å²) in [6.07, 6.45) is 4.21. The van der Waals surface area contributed by atoms with Crippen LogP contribution < -0.4 is 0 Å². The van der Waals surface area contributed by atoms with E-state index in [1.807, 2.05) is 12.4 Å². The van der Waals surface area contributed by atoms with Gasteiger partial charge in [-0.25, -0.2) is 4.98 Å². The fraction of sp³-hybridized carbons (Fsp3) is 0.250. The maximum Gasteiger partial charge on any atom is 0.100 e. The maximum atomic E-state index is 4.66. The number of nitrogens with zero attached hydrogens (tertiary/aromatic N) is 2. The number of hydrogen-bond donors (Lipinski definition) is 0. The van der Waals surface area contributed by atoms with Gasteiger partial charge in [-0.05, 0) is 35.6 Å². The van der Waals surface area contributed by atoms with Crippen LogP contribution in [-0.2, 0) is 0 Å². The van der Waals surface area contributed by atoms with E-state index in [1.165, 1.54) is 16.8 Å². The molecule has 0 aliphatic rings. The van der Waals surface area contributed by atoms with Crippen molar-refractivity contribution in [2.24, 2.45) is 5.41 Å². The number of aromatic nitrogens is 2. The molecule has 112 valence electrons. The second kappa shape index (κ2) is 5.45. The minimum atomic E-state index is 0.150. The van der Waals surface area contributed by atoms with E-state index in [0.29, 0.717) is 0 Å². The van der Waals surface area contributed by atoms with E-state index >= 15 is 0 Å². The maximum absolute atomic E-state index is 4.66. The Kier molecular flexibility index (Phi) is 3.61. The summed E-state index contributed by atoms with van der Waals surface area (Å²) >= 11 is 0. The summed E-state index contributed by atoms with van der Waals surface area (Å²) in [5, 5.41) is 0. The monoisotopic (exact) mass is 290 g/mol. The SMILES string of the molecule is C/C(=C\C(C)(C)C)c1ncn2c(-c3ccccc3)cccc12. The third kappa shape index (κ3) is 2.82. The van der Waals surface area contributed by atoms with Crippen molar-refractivity contribution >= 4 is 11.1 Å². The zero-order valence-corrected chi connectivity index (χ0v) is 13.7. The van der Waals surface area contributed by atoms with Crippen LogP contribution in [0.2, 0.25) is 0 Å². The van der Waals surface area contributed by atoms with Gasteiger partial charge < -0.3 is 0 Å². The van der Waals surface area contributed by atoms with E-state index in [4.69, 9.17) is 0 Å². The zero-order valence-electron chi connectivity index (χ0n) is 13.7. The van der Waals surface area contributed by atoms with Crippen LogP contribution in [-0.4, -0.2) is 9.38 Å². The molecule has 0 radical (unpaired) electrons. The van der Waals surface area contributed by atoms with E-state index in [1.54, 1.807) is 0 Å². The molecule has 2 heteroatoms. The third-order valence-electron chi connectivity index (χ3n) is 3.66. The molecular weight excluding hydrogens is 268 g/mol. The summed E-state index contributed by atoms with van der Waals surface area (Å²) in [7, 11) is 0. The van der Waals surface area contributed by atoms with E-state index in [9.17, 15) is 0 Å². The molecule has 2 nitrogen and oxygen atoms in total. The highest BCUT2D eigenvalue weighted by Crippen LogP contribution is 2.28. The highest BCUT2D eigenvalue weighted by molar-refractivity contribution is 5.77. The lowest BCUT2D eigenvalue weighted by Gasteiger charge is -2.13. The van der Waals surface area contributed by atoms with Crippen molar-refractivity contribution in [3.05, 3.63) is 66.6 Å². The molecule has 0 saturated heterocycles. The van der Waals surface area contributed by atoms with Crippen molar-refractivity contribution in [1.29, 1.82) is 0 Å². The predicted molar refractivity (Wildman–Crippen MR) is 93.7 cm³/mol. The summed E-state index contributed by atoms with van der Waals surface area (Å²) < 4.78 is 2.17. The highest BCUT2D eigenvalue weighted by Gasteiger charge is 2.13. The summed E-state index contributed by atoms with van der Waals surface area (Å²) in [4.78, 5) is 4.66. The first-order valence-electron chi connectivity index (χ1n) is 7.67. The number of allylic oxidation sites excluding steroid dienone is 2. The van der Waals surface area contributed by atoms with Gasteiger partial charge >= 0.3 is 0 Å². The predicted octanol–water partition coefficient (Wildman–Crippen LogP) is 5.45. The minimum Gasteiger partial charge on any atom is -0.298 e. The number of rotatable bonds is 2. The fourth-order valence-corrected chi connectivity index (χ4v) is 2.89. The lowest BCUT2D eigenvalue weighted by Crippen LogP contribution is -2.00. The number of imidazole rings is 1. The Bertz CT molecular complexity index is 818. The Hall–Kier alpha value is -2.35. The van der Waals surface area contributed by atoms with E-state index in [-0.39, 0.29) is 5.41 Å². The van der Waals surface area contributed by atoms with Crippen LogP contribution in [0.4, 0.5) is 0 Å². The summed E-state index contributed by atoms with van der Waals surface area (Å²) in [5.74, 6) is 0. The largest absolute Gasteiger partial charge is 0.298 e. The van der Waals surface area contributed by atoms with Crippen LogP contribution in [0, 0.1) is 5.41 Å². The van der Waals surface area contributed by atoms with Crippen LogP contribution >= 0.6 is 0 Å². The molecule has 0 amide bonds. The number of fused-ring (bicyclic) bond motifs is 1. The molecule has 3 aromatic rings. The molecule has 0 saturated carbocycles. The molecule has 0 atom stereocenters. The highest BCUT2D eigenvalue weighted by atomic mass is 15.0. The fourth-order valence-electron chi connectivity index (χ4n) is 2.89. The number of hydrogen-bond acceptors (Lipinski definition) is 1. The van der Waals surface area contributed by atoms with Gasteiger partial charge in [-0.15, -0.1) is 0 Å².